The summed E-state index contributed by atoms with van der Waals surface area (Å²) in [6.07, 6.45) is 1.86. The fraction of sp³-hybridized carbons (Fsp3) is 0.833. The molecule has 0 amide bonds. The SMILES string of the molecule is CCC(C)(C)C(=O)[O-].CCC(C)(C)C(=O)[O-].CCC(C)(C)C(=O)[O-].[La+3]. The smallest absolute Gasteiger partial charge is 0.550 e. The maximum Gasteiger partial charge on any atom is 3.00 e. The first kappa shape index (κ1) is 32.3. The molecule has 0 aliphatic rings. The van der Waals surface area contributed by atoms with Gasteiger partial charge >= 0.3 is 35.6 Å². The number of aliphatic carboxylic acids is 3. The summed E-state index contributed by atoms with van der Waals surface area (Å²) >= 11 is 0. The molecular weight excluding hydrogens is 451 g/mol. The molecule has 0 heterocycles. The van der Waals surface area contributed by atoms with E-state index in [1.807, 2.05) is 20.8 Å². The van der Waals surface area contributed by atoms with Gasteiger partial charge in [0.2, 0.25) is 0 Å². The van der Waals surface area contributed by atoms with E-state index in [2.05, 4.69) is 0 Å². The van der Waals surface area contributed by atoms with Crippen molar-refractivity contribution in [1.82, 2.24) is 0 Å². The first-order chi connectivity index (χ1) is 10.5. The zero-order valence-electron chi connectivity index (χ0n) is 17.1. The molecule has 0 aromatic rings. The summed E-state index contributed by atoms with van der Waals surface area (Å²) in [6.45, 7) is 15.4. The van der Waals surface area contributed by atoms with Crippen LogP contribution in [0.25, 0.3) is 0 Å². The van der Waals surface area contributed by atoms with Gasteiger partial charge in [-0.15, -0.1) is 0 Å². The van der Waals surface area contributed by atoms with Gasteiger partial charge in [0.05, 0.1) is 0 Å². The molecule has 0 saturated carbocycles. The average Bonchev–Trinajstić information content (AvgIpc) is 2.47. The van der Waals surface area contributed by atoms with Crippen LogP contribution in [-0.2, 0) is 14.4 Å². The summed E-state index contributed by atoms with van der Waals surface area (Å²) in [6, 6.07) is 0. The van der Waals surface area contributed by atoms with Crippen molar-refractivity contribution >= 4 is 17.9 Å². The van der Waals surface area contributed by atoms with E-state index in [1.165, 1.54) is 0 Å². The molecule has 0 unspecified atom stereocenters. The van der Waals surface area contributed by atoms with Crippen LogP contribution in [0.4, 0.5) is 0 Å². The van der Waals surface area contributed by atoms with Crippen LogP contribution in [0.5, 0.6) is 0 Å². The second-order valence-electron chi connectivity index (χ2n) is 7.57. The predicted molar refractivity (Wildman–Crippen MR) is 87.2 cm³/mol. The summed E-state index contributed by atoms with van der Waals surface area (Å²) in [7, 11) is 0. The zero-order valence-corrected chi connectivity index (χ0v) is 20.8. The Hall–Kier alpha value is -0.395. The molecule has 0 aliphatic carbocycles. The van der Waals surface area contributed by atoms with Gasteiger partial charge in [-0.3, -0.25) is 0 Å². The van der Waals surface area contributed by atoms with Crippen LogP contribution in [0.1, 0.15) is 81.6 Å². The fourth-order valence-electron chi connectivity index (χ4n) is 0.433. The van der Waals surface area contributed by atoms with E-state index >= 15 is 0 Å². The van der Waals surface area contributed by atoms with Crippen LogP contribution >= 0.6 is 0 Å². The molecule has 0 N–H and O–H groups in total. The quantitative estimate of drug-likeness (QED) is 0.542. The maximum absolute atomic E-state index is 10.1. The average molecular weight is 484 g/mol. The fourth-order valence-corrected chi connectivity index (χ4v) is 0.433. The summed E-state index contributed by atoms with van der Waals surface area (Å²) < 4.78 is 0. The summed E-state index contributed by atoms with van der Waals surface area (Å²) in [5.74, 6) is -2.92. The number of carbonyl (C=O) groups excluding carboxylic acids is 3. The molecule has 0 fully saturated rings. The molecular formula is C18H33LaO6. The molecule has 0 spiro atoms. The second kappa shape index (κ2) is 13.8. The van der Waals surface area contributed by atoms with Crippen LogP contribution in [0, 0.1) is 51.8 Å². The normalized spacial score (nSPS) is 10.9. The molecule has 25 heavy (non-hydrogen) atoms. The van der Waals surface area contributed by atoms with Crippen molar-refractivity contribution in [2.24, 2.45) is 16.2 Å². The van der Waals surface area contributed by atoms with Crippen LogP contribution < -0.4 is 15.3 Å². The summed E-state index contributed by atoms with van der Waals surface area (Å²) in [5.41, 5.74) is -1.96. The van der Waals surface area contributed by atoms with Gasteiger partial charge in [0.25, 0.3) is 0 Å². The third-order valence-corrected chi connectivity index (χ3v) is 4.31. The van der Waals surface area contributed by atoms with Crippen LogP contribution in [0.2, 0.25) is 0 Å². The van der Waals surface area contributed by atoms with Gasteiger partial charge in [0.1, 0.15) is 0 Å². The summed E-state index contributed by atoms with van der Waals surface area (Å²) in [4.78, 5) is 30.4. The predicted octanol–water partition coefficient (Wildman–Crippen LogP) is 0.518. The Labute approximate surface area is 180 Å². The first-order valence-corrected chi connectivity index (χ1v) is 8.16. The zero-order chi connectivity index (χ0) is 20.4. The van der Waals surface area contributed by atoms with E-state index in [1.54, 1.807) is 41.5 Å². The molecule has 0 saturated heterocycles. The van der Waals surface area contributed by atoms with Gasteiger partial charge < -0.3 is 29.7 Å². The van der Waals surface area contributed by atoms with Crippen molar-refractivity contribution in [3.05, 3.63) is 0 Å². The molecule has 7 heteroatoms. The second-order valence-corrected chi connectivity index (χ2v) is 7.57. The van der Waals surface area contributed by atoms with Gasteiger partial charge in [-0.25, -0.2) is 0 Å². The minimum absolute atomic E-state index is 0. The van der Waals surface area contributed by atoms with Crippen molar-refractivity contribution < 1.29 is 65.3 Å². The minimum Gasteiger partial charge on any atom is -0.550 e. The van der Waals surface area contributed by atoms with E-state index in [-0.39, 0.29) is 35.6 Å². The molecule has 0 bridgehead atoms. The standard InChI is InChI=1S/3C6H12O2.La/c3*1-4-6(2,3)5(7)8;/h3*4H2,1-3H3,(H,7,8);/q;;;+3/p-3. The molecule has 0 atom stereocenters. The Morgan fingerprint density at radius 2 is 0.680 bits per heavy atom. The van der Waals surface area contributed by atoms with E-state index < -0.39 is 34.2 Å². The number of carboxylic acid groups (broad SMARTS) is 3. The molecule has 0 aromatic heterocycles. The Bertz CT molecular complexity index is 352. The van der Waals surface area contributed by atoms with Crippen molar-refractivity contribution in [3.63, 3.8) is 0 Å². The number of rotatable bonds is 6. The Kier molecular flexibility index (Phi) is 17.8. The number of hydrogen-bond donors (Lipinski definition) is 0. The van der Waals surface area contributed by atoms with Crippen LogP contribution in [0.15, 0.2) is 0 Å². The van der Waals surface area contributed by atoms with E-state index in [9.17, 15) is 29.7 Å². The number of carboxylic acids is 3. The molecule has 0 aliphatic heterocycles. The molecule has 144 valence electrons. The van der Waals surface area contributed by atoms with Crippen molar-refractivity contribution in [2.75, 3.05) is 0 Å². The van der Waals surface area contributed by atoms with E-state index in [0.29, 0.717) is 19.3 Å². The van der Waals surface area contributed by atoms with Crippen molar-refractivity contribution in [2.45, 2.75) is 81.6 Å². The molecule has 0 radical (unpaired) electrons. The molecule has 6 nitrogen and oxygen atoms in total. The monoisotopic (exact) mass is 484 g/mol. The van der Waals surface area contributed by atoms with Gasteiger partial charge in [0.15, 0.2) is 0 Å². The van der Waals surface area contributed by atoms with E-state index in [4.69, 9.17) is 0 Å². The first-order valence-electron chi connectivity index (χ1n) is 8.16. The Morgan fingerprint density at radius 3 is 0.680 bits per heavy atom. The van der Waals surface area contributed by atoms with Gasteiger partial charge in [0, 0.05) is 34.2 Å². The van der Waals surface area contributed by atoms with Crippen LogP contribution in [-0.4, -0.2) is 17.9 Å². The maximum atomic E-state index is 10.1. The largest absolute Gasteiger partial charge is 3.00 e. The topological polar surface area (TPSA) is 120 Å². The molecule has 0 aromatic carbocycles. The third kappa shape index (κ3) is 15.6. The van der Waals surface area contributed by atoms with Crippen molar-refractivity contribution in [3.8, 4) is 0 Å². The summed E-state index contributed by atoms with van der Waals surface area (Å²) in [5, 5.41) is 30.4. The van der Waals surface area contributed by atoms with E-state index in [0.717, 1.165) is 0 Å². The Morgan fingerprint density at radius 1 is 0.560 bits per heavy atom. The number of carbonyl (C=O) groups is 3. The Balaban J connectivity index is -0.000000130. The van der Waals surface area contributed by atoms with Gasteiger partial charge in [-0.1, -0.05) is 62.3 Å². The molecule has 0 rings (SSSR count). The van der Waals surface area contributed by atoms with Gasteiger partial charge in [-0.2, -0.15) is 0 Å². The minimum atomic E-state index is -0.972. The van der Waals surface area contributed by atoms with Crippen LogP contribution in [0.3, 0.4) is 0 Å². The number of hydrogen-bond acceptors (Lipinski definition) is 6. The van der Waals surface area contributed by atoms with Gasteiger partial charge in [-0.05, 0) is 19.3 Å². The van der Waals surface area contributed by atoms with Crippen molar-refractivity contribution in [1.29, 1.82) is 0 Å². The third-order valence-electron chi connectivity index (χ3n) is 4.31.